The molecule has 0 heterocycles. The van der Waals surface area contributed by atoms with E-state index in [1.165, 1.54) is 14.2 Å². The third-order valence-electron chi connectivity index (χ3n) is 2.24. The molecule has 90 valence electrons. The maximum absolute atomic E-state index is 9.90. The minimum absolute atomic E-state index is 0.0937. The lowest BCUT2D eigenvalue weighted by molar-refractivity contribution is 0.128. The Labute approximate surface area is 103 Å². The Bertz CT molecular complexity index is 329. The average molecular weight is 291 g/mol. The lowest BCUT2D eigenvalue weighted by Crippen LogP contribution is -2.05. The molecule has 0 spiro atoms. The van der Waals surface area contributed by atoms with Crippen molar-refractivity contribution in [1.29, 1.82) is 0 Å². The maximum atomic E-state index is 9.90. The number of methoxy groups -OCH3 is 2. The number of aliphatic hydroxyl groups excluding tert-OH is 2. The van der Waals surface area contributed by atoms with Gasteiger partial charge in [-0.3, -0.25) is 0 Å². The third-order valence-corrected chi connectivity index (χ3v) is 2.70. The number of ether oxygens (including phenoxy) is 2. The Kier molecular flexibility index (Phi) is 5.05. The van der Waals surface area contributed by atoms with Gasteiger partial charge in [-0.15, -0.1) is 0 Å². The normalized spacial score (nSPS) is 12.3. The van der Waals surface area contributed by atoms with E-state index in [1.54, 1.807) is 12.1 Å². The zero-order valence-corrected chi connectivity index (χ0v) is 10.8. The molecule has 0 fully saturated rings. The van der Waals surface area contributed by atoms with Crippen LogP contribution in [-0.2, 0) is 0 Å². The quantitative estimate of drug-likeness (QED) is 0.869. The Morgan fingerprint density at radius 3 is 2.12 bits per heavy atom. The fourth-order valence-corrected chi connectivity index (χ4v) is 1.92. The van der Waals surface area contributed by atoms with Crippen molar-refractivity contribution in [1.82, 2.24) is 0 Å². The molecule has 0 aliphatic heterocycles. The minimum Gasteiger partial charge on any atom is -0.496 e. The van der Waals surface area contributed by atoms with Crippen LogP contribution in [0.15, 0.2) is 16.6 Å². The van der Waals surface area contributed by atoms with Gasteiger partial charge in [-0.2, -0.15) is 0 Å². The molecule has 1 aromatic rings. The van der Waals surface area contributed by atoms with Gasteiger partial charge in [-0.05, 0) is 12.1 Å². The van der Waals surface area contributed by atoms with Crippen molar-refractivity contribution in [3.8, 4) is 11.5 Å². The first kappa shape index (κ1) is 13.3. The van der Waals surface area contributed by atoms with Crippen LogP contribution >= 0.6 is 15.9 Å². The van der Waals surface area contributed by atoms with E-state index in [1.807, 2.05) is 0 Å². The maximum Gasteiger partial charge on any atom is 0.129 e. The largest absolute Gasteiger partial charge is 0.496 e. The van der Waals surface area contributed by atoms with Gasteiger partial charge in [0.2, 0.25) is 0 Å². The zero-order valence-electron chi connectivity index (χ0n) is 9.24. The molecule has 0 radical (unpaired) electrons. The molecule has 1 rings (SSSR count). The molecule has 2 N–H and O–H groups in total. The van der Waals surface area contributed by atoms with Crippen LogP contribution in [0.3, 0.4) is 0 Å². The van der Waals surface area contributed by atoms with Crippen molar-refractivity contribution in [2.75, 3.05) is 20.8 Å². The number of hydrogen-bond acceptors (Lipinski definition) is 4. The summed E-state index contributed by atoms with van der Waals surface area (Å²) in [5.41, 5.74) is 0.558. The van der Waals surface area contributed by atoms with Crippen molar-refractivity contribution < 1.29 is 19.7 Å². The molecule has 0 aliphatic carbocycles. The average Bonchev–Trinajstić information content (AvgIpc) is 2.27. The Morgan fingerprint density at radius 1 is 1.25 bits per heavy atom. The highest BCUT2D eigenvalue weighted by atomic mass is 79.9. The van der Waals surface area contributed by atoms with Gasteiger partial charge < -0.3 is 19.7 Å². The van der Waals surface area contributed by atoms with Crippen LogP contribution in [0.5, 0.6) is 11.5 Å². The van der Waals surface area contributed by atoms with Crippen LogP contribution in [0, 0.1) is 0 Å². The summed E-state index contributed by atoms with van der Waals surface area (Å²) in [6.07, 6.45) is -0.558. The van der Waals surface area contributed by atoms with E-state index < -0.39 is 6.10 Å². The number of aliphatic hydroxyl groups is 2. The topological polar surface area (TPSA) is 58.9 Å². The van der Waals surface area contributed by atoms with E-state index in [0.717, 1.165) is 4.47 Å². The predicted octanol–water partition coefficient (Wildman–Crippen LogP) is 1.88. The van der Waals surface area contributed by atoms with E-state index in [0.29, 0.717) is 17.1 Å². The van der Waals surface area contributed by atoms with Gasteiger partial charge in [0.1, 0.15) is 11.5 Å². The molecule has 0 saturated carbocycles. The van der Waals surface area contributed by atoms with E-state index in [9.17, 15) is 5.11 Å². The summed E-state index contributed by atoms with van der Waals surface area (Å²) in [5, 5.41) is 18.7. The van der Waals surface area contributed by atoms with Gasteiger partial charge in [0.05, 0.1) is 25.9 Å². The van der Waals surface area contributed by atoms with Gasteiger partial charge in [-0.25, -0.2) is 0 Å². The summed E-state index contributed by atoms with van der Waals surface area (Å²) >= 11 is 3.33. The van der Waals surface area contributed by atoms with Crippen LogP contribution in [0.1, 0.15) is 18.1 Å². The summed E-state index contributed by atoms with van der Waals surface area (Å²) < 4.78 is 11.2. The molecule has 0 aliphatic rings. The first-order valence-electron chi connectivity index (χ1n) is 4.84. The second kappa shape index (κ2) is 6.08. The molecule has 0 amide bonds. The molecule has 0 saturated heterocycles. The molecule has 1 aromatic carbocycles. The number of hydrogen-bond donors (Lipinski definition) is 2. The molecule has 0 bridgehead atoms. The summed E-state index contributed by atoms with van der Waals surface area (Å²) in [5.74, 6) is 1.07. The van der Waals surface area contributed by atoms with Crippen LogP contribution in [0.4, 0.5) is 0 Å². The molecule has 1 atom stereocenters. The van der Waals surface area contributed by atoms with E-state index >= 15 is 0 Å². The van der Waals surface area contributed by atoms with E-state index in [2.05, 4.69) is 15.9 Å². The molecular weight excluding hydrogens is 276 g/mol. The summed E-state index contributed by atoms with van der Waals surface area (Å²) in [6, 6.07) is 3.50. The SMILES string of the molecule is COc1cc(Br)cc(OC)c1C(O)CCO. The van der Waals surface area contributed by atoms with Crippen molar-refractivity contribution in [3.05, 3.63) is 22.2 Å². The molecule has 5 heteroatoms. The second-order valence-corrected chi connectivity index (χ2v) is 4.17. The van der Waals surface area contributed by atoms with Gasteiger partial charge >= 0.3 is 0 Å². The van der Waals surface area contributed by atoms with Crippen molar-refractivity contribution in [2.45, 2.75) is 12.5 Å². The standard InChI is InChI=1S/C11H15BrO4/c1-15-9-5-7(12)6-10(16-2)11(9)8(14)3-4-13/h5-6,8,13-14H,3-4H2,1-2H3. The van der Waals surface area contributed by atoms with Crippen LogP contribution in [0.2, 0.25) is 0 Å². The highest BCUT2D eigenvalue weighted by Crippen LogP contribution is 2.38. The van der Waals surface area contributed by atoms with Gasteiger partial charge in [-0.1, -0.05) is 15.9 Å². The Morgan fingerprint density at radius 2 is 1.75 bits per heavy atom. The summed E-state index contributed by atoms with van der Waals surface area (Å²) in [4.78, 5) is 0. The van der Waals surface area contributed by atoms with Crippen molar-refractivity contribution in [2.24, 2.45) is 0 Å². The predicted molar refractivity (Wildman–Crippen MR) is 63.9 cm³/mol. The fraction of sp³-hybridized carbons (Fsp3) is 0.455. The number of halogens is 1. The fourth-order valence-electron chi connectivity index (χ4n) is 1.50. The number of rotatable bonds is 5. The lowest BCUT2D eigenvalue weighted by Gasteiger charge is -2.17. The highest BCUT2D eigenvalue weighted by Gasteiger charge is 2.19. The van der Waals surface area contributed by atoms with Crippen LogP contribution in [-0.4, -0.2) is 31.0 Å². The third kappa shape index (κ3) is 2.87. The van der Waals surface area contributed by atoms with Crippen LogP contribution < -0.4 is 9.47 Å². The molecular formula is C11H15BrO4. The van der Waals surface area contributed by atoms with Crippen molar-refractivity contribution in [3.63, 3.8) is 0 Å². The molecule has 4 nitrogen and oxygen atoms in total. The molecule has 16 heavy (non-hydrogen) atoms. The molecule has 1 unspecified atom stereocenters. The van der Waals surface area contributed by atoms with Crippen molar-refractivity contribution >= 4 is 15.9 Å². The van der Waals surface area contributed by atoms with Gasteiger partial charge in [0, 0.05) is 17.5 Å². The minimum atomic E-state index is -0.803. The number of benzene rings is 1. The van der Waals surface area contributed by atoms with Crippen LogP contribution in [0.25, 0.3) is 0 Å². The van der Waals surface area contributed by atoms with E-state index in [-0.39, 0.29) is 13.0 Å². The Balaban J connectivity index is 3.21. The lowest BCUT2D eigenvalue weighted by atomic mass is 10.0. The van der Waals surface area contributed by atoms with E-state index in [4.69, 9.17) is 14.6 Å². The summed E-state index contributed by atoms with van der Waals surface area (Å²) in [7, 11) is 3.05. The first-order chi connectivity index (χ1) is 7.63. The summed E-state index contributed by atoms with van der Waals surface area (Å²) in [6.45, 7) is -0.0937. The Hall–Kier alpha value is -0.780. The van der Waals surface area contributed by atoms with Gasteiger partial charge in [0.25, 0.3) is 0 Å². The molecule has 0 aromatic heterocycles. The first-order valence-corrected chi connectivity index (χ1v) is 5.63. The smallest absolute Gasteiger partial charge is 0.129 e. The highest BCUT2D eigenvalue weighted by molar-refractivity contribution is 9.10. The monoisotopic (exact) mass is 290 g/mol. The second-order valence-electron chi connectivity index (χ2n) is 3.25. The van der Waals surface area contributed by atoms with Gasteiger partial charge in [0.15, 0.2) is 0 Å². The zero-order chi connectivity index (χ0) is 12.1.